The zero-order valence-corrected chi connectivity index (χ0v) is 8.34. The Bertz CT molecular complexity index is 146. The molecule has 0 bridgehead atoms. The molecule has 2 aliphatic rings. The van der Waals surface area contributed by atoms with E-state index in [0.29, 0.717) is 6.04 Å². The minimum Gasteiger partial charge on any atom is -0.328 e. The second kappa shape index (κ2) is 4.40. The van der Waals surface area contributed by atoms with Gasteiger partial charge in [0.25, 0.3) is 0 Å². The van der Waals surface area contributed by atoms with Crippen LogP contribution < -0.4 is 11.1 Å². The Hall–Kier alpha value is -0.120. The average molecular weight is 183 g/mol. The van der Waals surface area contributed by atoms with Gasteiger partial charge in [0.1, 0.15) is 0 Å². The van der Waals surface area contributed by atoms with E-state index >= 15 is 0 Å². The van der Waals surface area contributed by atoms with Crippen molar-refractivity contribution in [3.8, 4) is 0 Å². The fraction of sp³-hybridized carbons (Fsp3) is 1.00. The molecule has 0 aromatic carbocycles. The van der Waals surface area contributed by atoms with Gasteiger partial charge in [-0.25, -0.2) is 0 Å². The molecule has 76 valence electrons. The molecule has 13 heavy (non-hydrogen) atoms. The van der Waals surface area contributed by atoms with Crippen LogP contribution in [0.5, 0.6) is 0 Å². The maximum absolute atomic E-state index is 5.89. The van der Waals surface area contributed by atoms with E-state index in [9.17, 15) is 0 Å². The van der Waals surface area contributed by atoms with Gasteiger partial charge in [0.05, 0.1) is 0 Å². The standard InChI is InChI=1S/C10H21N3/c11-9-3-7-13(8-4-9)10-1-5-12-6-2-10/h9-10,12H,1-8,11H2. The van der Waals surface area contributed by atoms with Crippen LogP contribution in [0.2, 0.25) is 0 Å². The fourth-order valence-electron chi connectivity index (χ4n) is 2.46. The molecular formula is C10H21N3. The number of piperidine rings is 2. The Morgan fingerprint density at radius 1 is 1.00 bits per heavy atom. The first kappa shape index (κ1) is 9.44. The van der Waals surface area contributed by atoms with E-state index in [1.54, 1.807) is 0 Å². The van der Waals surface area contributed by atoms with Crippen molar-refractivity contribution < 1.29 is 0 Å². The highest BCUT2D eigenvalue weighted by Crippen LogP contribution is 2.17. The van der Waals surface area contributed by atoms with Crippen LogP contribution in [0.15, 0.2) is 0 Å². The van der Waals surface area contributed by atoms with Crippen LogP contribution in [0.25, 0.3) is 0 Å². The van der Waals surface area contributed by atoms with Gasteiger partial charge in [-0.2, -0.15) is 0 Å². The van der Waals surface area contributed by atoms with E-state index in [1.165, 1.54) is 51.9 Å². The normalized spacial score (nSPS) is 29.3. The molecule has 0 atom stereocenters. The molecule has 3 heteroatoms. The third-order valence-electron chi connectivity index (χ3n) is 3.40. The number of nitrogens with two attached hydrogens (primary N) is 1. The Labute approximate surface area is 80.7 Å². The number of rotatable bonds is 1. The van der Waals surface area contributed by atoms with Gasteiger partial charge >= 0.3 is 0 Å². The summed E-state index contributed by atoms with van der Waals surface area (Å²) in [6.07, 6.45) is 5.05. The lowest BCUT2D eigenvalue weighted by Gasteiger charge is -2.38. The Kier molecular flexibility index (Phi) is 3.19. The van der Waals surface area contributed by atoms with E-state index in [1.807, 2.05) is 0 Å². The Morgan fingerprint density at radius 2 is 1.62 bits per heavy atom. The maximum Gasteiger partial charge on any atom is 0.0119 e. The first-order chi connectivity index (χ1) is 6.36. The SMILES string of the molecule is NC1CCN(C2CCNCC2)CC1. The van der Waals surface area contributed by atoms with Crippen LogP contribution in [-0.4, -0.2) is 43.2 Å². The van der Waals surface area contributed by atoms with Crippen LogP contribution in [0.4, 0.5) is 0 Å². The van der Waals surface area contributed by atoms with Crippen LogP contribution in [0.1, 0.15) is 25.7 Å². The second-order valence-corrected chi connectivity index (χ2v) is 4.35. The van der Waals surface area contributed by atoms with E-state index in [4.69, 9.17) is 5.73 Å². The van der Waals surface area contributed by atoms with Gasteiger partial charge in [-0.3, -0.25) is 0 Å². The van der Waals surface area contributed by atoms with Crippen molar-refractivity contribution in [2.45, 2.75) is 37.8 Å². The van der Waals surface area contributed by atoms with Crippen LogP contribution in [0, 0.1) is 0 Å². The fourth-order valence-corrected chi connectivity index (χ4v) is 2.46. The number of likely N-dealkylation sites (tertiary alicyclic amines) is 1. The van der Waals surface area contributed by atoms with E-state index in [2.05, 4.69) is 10.2 Å². The zero-order chi connectivity index (χ0) is 9.10. The molecule has 0 saturated carbocycles. The summed E-state index contributed by atoms with van der Waals surface area (Å²) >= 11 is 0. The monoisotopic (exact) mass is 183 g/mol. The van der Waals surface area contributed by atoms with Gasteiger partial charge in [0, 0.05) is 12.1 Å². The molecule has 2 rings (SSSR count). The molecule has 3 nitrogen and oxygen atoms in total. The van der Waals surface area contributed by atoms with Crippen LogP contribution in [-0.2, 0) is 0 Å². The molecule has 2 heterocycles. The minimum absolute atomic E-state index is 0.470. The predicted molar refractivity (Wildman–Crippen MR) is 54.7 cm³/mol. The summed E-state index contributed by atoms with van der Waals surface area (Å²) in [5.74, 6) is 0. The second-order valence-electron chi connectivity index (χ2n) is 4.35. The maximum atomic E-state index is 5.89. The molecule has 2 saturated heterocycles. The summed E-state index contributed by atoms with van der Waals surface area (Å²) in [4.78, 5) is 2.64. The number of nitrogens with one attached hydrogen (secondary N) is 1. The van der Waals surface area contributed by atoms with Crippen molar-refractivity contribution in [2.75, 3.05) is 26.2 Å². The first-order valence-corrected chi connectivity index (χ1v) is 5.56. The van der Waals surface area contributed by atoms with E-state index in [-0.39, 0.29) is 0 Å². The quantitative estimate of drug-likeness (QED) is 0.608. The third kappa shape index (κ3) is 2.42. The van der Waals surface area contributed by atoms with Crippen molar-refractivity contribution in [1.29, 1.82) is 0 Å². The third-order valence-corrected chi connectivity index (χ3v) is 3.40. The predicted octanol–water partition coefficient (Wildman–Crippen LogP) is 0.161. The molecule has 0 aromatic heterocycles. The topological polar surface area (TPSA) is 41.3 Å². The number of hydrogen-bond donors (Lipinski definition) is 2. The van der Waals surface area contributed by atoms with Crippen molar-refractivity contribution in [3.63, 3.8) is 0 Å². The van der Waals surface area contributed by atoms with Crippen molar-refractivity contribution in [3.05, 3.63) is 0 Å². The lowest BCUT2D eigenvalue weighted by atomic mass is 9.99. The molecule has 3 N–H and O–H groups in total. The van der Waals surface area contributed by atoms with Gasteiger partial charge in [0.2, 0.25) is 0 Å². The van der Waals surface area contributed by atoms with Crippen molar-refractivity contribution in [1.82, 2.24) is 10.2 Å². The molecule has 0 aliphatic carbocycles. The average Bonchev–Trinajstić information content (AvgIpc) is 2.20. The lowest BCUT2D eigenvalue weighted by molar-refractivity contribution is 0.128. The van der Waals surface area contributed by atoms with Gasteiger partial charge in [-0.15, -0.1) is 0 Å². The summed E-state index contributed by atoms with van der Waals surface area (Å²) in [6.45, 7) is 4.86. The molecule has 0 unspecified atom stereocenters. The number of nitrogens with zero attached hydrogens (tertiary/aromatic N) is 1. The summed E-state index contributed by atoms with van der Waals surface area (Å²) in [5, 5.41) is 3.41. The summed E-state index contributed by atoms with van der Waals surface area (Å²) < 4.78 is 0. The van der Waals surface area contributed by atoms with Crippen molar-refractivity contribution >= 4 is 0 Å². The van der Waals surface area contributed by atoms with E-state index in [0.717, 1.165) is 6.04 Å². The van der Waals surface area contributed by atoms with Crippen molar-refractivity contribution in [2.24, 2.45) is 5.73 Å². The van der Waals surface area contributed by atoms with Gasteiger partial charge < -0.3 is 16.0 Å². The smallest absolute Gasteiger partial charge is 0.0119 e. The Balaban J connectivity index is 1.79. The first-order valence-electron chi connectivity index (χ1n) is 5.56. The summed E-state index contributed by atoms with van der Waals surface area (Å²) in [5.41, 5.74) is 5.89. The van der Waals surface area contributed by atoms with Gasteiger partial charge in [0.15, 0.2) is 0 Å². The van der Waals surface area contributed by atoms with E-state index < -0.39 is 0 Å². The molecule has 2 aliphatic heterocycles. The lowest BCUT2D eigenvalue weighted by Crippen LogP contribution is -2.48. The highest BCUT2D eigenvalue weighted by Gasteiger charge is 2.24. The summed E-state index contributed by atoms with van der Waals surface area (Å²) in [6, 6.07) is 1.31. The highest BCUT2D eigenvalue weighted by atomic mass is 15.2. The Morgan fingerprint density at radius 3 is 2.23 bits per heavy atom. The zero-order valence-electron chi connectivity index (χ0n) is 8.34. The van der Waals surface area contributed by atoms with Crippen LogP contribution >= 0.6 is 0 Å². The molecule has 2 fully saturated rings. The molecule has 0 aromatic rings. The number of hydrogen-bond acceptors (Lipinski definition) is 3. The van der Waals surface area contributed by atoms with Crippen LogP contribution in [0.3, 0.4) is 0 Å². The van der Waals surface area contributed by atoms with Gasteiger partial charge in [-0.1, -0.05) is 0 Å². The molecule has 0 amide bonds. The molecule has 0 radical (unpaired) electrons. The molecular weight excluding hydrogens is 162 g/mol. The largest absolute Gasteiger partial charge is 0.328 e. The van der Waals surface area contributed by atoms with Gasteiger partial charge in [-0.05, 0) is 51.9 Å². The highest BCUT2D eigenvalue weighted by molar-refractivity contribution is 4.82. The summed E-state index contributed by atoms with van der Waals surface area (Å²) in [7, 11) is 0. The minimum atomic E-state index is 0.470. The molecule has 0 spiro atoms.